The molecule has 3 aromatic rings. The zero-order valence-corrected chi connectivity index (χ0v) is 18.8. The van der Waals surface area contributed by atoms with Gasteiger partial charge in [-0.25, -0.2) is 0 Å². The number of nitrogens with zero attached hydrogens (tertiary/aromatic N) is 1. The minimum atomic E-state index is -5.89. The SMILES string of the molecule is Fc1c(F)c(F)c([B-]([N+]#[C][Ge])(c2c(F)c(F)c(F)c(F)c2F)c2c(F)c(F)c(F)c(F)c2F)c(F)c1F. The van der Waals surface area contributed by atoms with Crippen molar-refractivity contribution >= 4 is 39.2 Å². The van der Waals surface area contributed by atoms with E-state index in [9.17, 15) is 65.9 Å². The molecule has 0 fully saturated rings. The Morgan fingerprint density at radius 2 is 0.514 bits per heavy atom. The quantitative estimate of drug-likeness (QED) is 0.181. The first kappa shape index (κ1) is 28.3. The van der Waals surface area contributed by atoms with Gasteiger partial charge in [-0.05, 0) is 0 Å². The molecule has 0 saturated carbocycles. The average molecular weight is 611 g/mol. The standard InChI is InChI=1S/C19BF15GeN/c21-5-2(6(22)12(28)17(33)11(5)27)20(37-1-36,3-7(23)13(29)18(34)14(30)8(3)24)4-9(25)15(31)19(35)16(32)10(4)26. The molecular weight excluding hydrogens is 611 g/mol. The van der Waals surface area contributed by atoms with Gasteiger partial charge in [0, 0.05) is 0 Å². The maximum atomic E-state index is 14.9. The Bertz CT molecular complexity index is 1310. The number of benzene rings is 3. The first-order valence-corrected chi connectivity index (χ1v) is 9.98. The molecule has 0 aliphatic carbocycles. The van der Waals surface area contributed by atoms with Gasteiger partial charge in [-0.15, -0.1) is 0 Å². The monoisotopic (exact) mass is 612 g/mol. The fourth-order valence-electron chi connectivity index (χ4n) is 3.69. The molecular formula is C19BF15GeN. The molecule has 0 bridgehead atoms. The van der Waals surface area contributed by atoms with Crippen LogP contribution in [0.2, 0.25) is 0 Å². The van der Waals surface area contributed by atoms with Crippen LogP contribution in [0.4, 0.5) is 65.9 Å². The van der Waals surface area contributed by atoms with Crippen LogP contribution in [-0.2, 0) is 0 Å². The summed E-state index contributed by atoms with van der Waals surface area (Å²) in [5.74, 6) is -46.3. The molecule has 0 spiro atoms. The summed E-state index contributed by atoms with van der Waals surface area (Å²) in [5.41, 5.74) is -8.42. The van der Waals surface area contributed by atoms with Crippen molar-refractivity contribution in [3.63, 3.8) is 0 Å². The summed E-state index contributed by atoms with van der Waals surface area (Å²) < 4.78 is 217. The van der Waals surface area contributed by atoms with E-state index in [-0.39, 0.29) is 0 Å². The van der Waals surface area contributed by atoms with Gasteiger partial charge in [0.1, 0.15) is 0 Å². The number of hydrogen-bond acceptors (Lipinski definition) is 0. The van der Waals surface area contributed by atoms with Gasteiger partial charge in [0.2, 0.25) is 0 Å². The molecule has 0 N–H and O–H groups in total. The predicted molar refractivity (Wildman–Crippen MR) is 96.4 cm³/mol. The molecule has 0 aliphatic rings. The summed E-state index contributed by atoms with van der Waals surface area (Å²) in [7, 11) is 0. The van der Waals surface area contributed by atoms with Crippen LogP contribution in [0.3, 0.4) is 0 Å². The molecule has 3 aromatic carbocycles. The van der Waals surface area contributed by atoms with Gasteiger partial charge in [0.15, 0.2) is 0 Å². The van der Waals surface area contributed by atoms with Crippen LogP contribution < -0.4 is 16.4 Å². The molecule has 0 atom stereocenters. The van der Waals surface area contributed by atoms with Gasteiger partial charge in [-0.2, -0.15) is 0 Å². The Morgan fingerprint density at radius 1 is 0.351 bits per heavy atom. The molecule has 0 saturated heterocycles. The van der Waals surface area contributed by atoms with Crippen molar-refractivity contribution in [3.05, 3.63) is 92.0 Å². The molecule has 0 heterocycles. The number of hydrogen-bond donors (Lipinski definition) is 0. The predicted octanol–water partition coefficient (Wildman–Crippen LogP) is 4.20. The number of rotatable bonds is 3. The third-order valence-corrected chi connectivity index (χ3v) is 5.51. The van der Waals surface area contributed by atoms with Gasteiger partial charge >= 0.3 is 202 Å². The van der Waals surface area contributed by atoms with Crippen molar-refractivity contribution in [1.82, 2.24) is 0 Å². The molecule has 3 radical (unpaired) electrons. The molecule has 193 valence electrons. The Balaban J connectivity index is 2.91. The Hall–Kier alpha value is -3.29. The van der Waals surface area contributed by atoms with Gasteiger partial charge < -0.3 is 0 Å². The van der Waals surface area contributed by atoms with Crippen LogP contribution in [0.1, 0.15) is 0 Å². The Kier molecular flexibility index (Phi) is 7.29. The molecule has 0 aliphatic heterocycles. The second-order valence-electron chi connectivity index (χ2n) is 7.01. The van der Waals surface area contributed by atoms with Crippen molar-refractivity contribution in [2.45, 2.75) is 0 Å². The van der Waals surface area contributed by atoms with E-state index in [0.29, 0.717) is 16.5 Å². The van der Waals surface area contributed by atoms with Gasteiger partial charge in [0.05, 0.1) is 0 Å². The van der Waals surface area contributed by atoms with E-state index >= 15 is 0 Å². The first-order chi connectivity index (χ1) is 17.1. The van der Waals surface area contributed by atoms with E-state index in [4.69, 9.17) is 0 Å². The third kappa shape index (κ3) is 3.75. The Labute approximate surface area is 202 Å². The summed E-state index contributed by atoms with van der Waals surface area (Å²) >= 11 is 0.459. The van der Waals surface area contributed by atoms with Crippen molar-refractivity contribution in [1.29, 1.82) is 0 Å². The normalized spacial score (nSPS) is 11.6. The summed E-state index contributed by atoms with van der Waals surface area (Å²) in [6, 6.07) is 0. The molecule has 0 aromatic heterocycles. The minimum absolute atomic E-state index is 0.459. The molecule has 1 nitrogen and oxygen atoms in total. The molecule has 0 amide bonds. The zero-order valence-electron chi connectivity index (χ0n) is 16.7. The van der Waals surface area contributed by atoms with E-state index in [1.54, 1.807) is 0 Å². The van der Waals surface area contributed by atoms with Crippen LogP contribution in [0.5, 0.6) is 0 Å². The molecule has 18 heteroatoms. The summed E-state index contributed by atoms with van der Waals surface area (Å²) in [4.78, 5) is 1.36. The molecule has 0 unspecified atom stereocenters. The van der Waals surface area contributed by atoms with Crippen molar-refractivity contribution in [3.8, 4) is 4.90 Å². The zero-order chi connectivity index (χ0) is 28.3. The van der Waals surface area contributed by atoms with Crippen LogP contribution in [-0.4, -0.2) is 22.8 Å². The second-order valence-corrected chi connectivity index (χ2v) is 7.48. The van der Waals surface area contributed by atoms with Gasteiger partial charge in [0.25, 0.3) is 0 Å². The van der Waals surface area contributed by atoms with E-state index in [2.05, 4.69) is 4.76 Å². The first-order valence-electron chi connectivity index (χ1n) is 8.93. The van der Waals surface area contributed by atoms with Gasteiger partial charge in [-0.3, -0.25) is 0 Å². The topological polar surface area (TPSA) is 4.36 Å². The van der Waals surface area contributed by atoms with Crippen LogP contribution in [0.25, 0.3) is 4.76 Å². The maximum absolute atomic E-state index is 14.9. The van der Waals surface area contributed by atoms with Gasteiger partial charge in [-0.1, -0.05) is 0 Å². The van der Waals surface area contributed by atoms with E-state index in [0.717, 1.165) is 0 Å². The summed E-state index contributed by atoms with van der Waals surface area (Å²) in [6.45, 7) is 0. The second kappa shape index (κ2) is 9.54. The molecule has 37 heavy (non-hydrogen) atoms. The van der Waals surface area contributed by atoms with Crippen LogP contribution >= 0.6 is 0 Å². The fraction of sp³-hybridized carbons (Fsp3) is 0. The summed E-state index contributed by atoms with van der Waals surface area (Å²) in [6.07, 6.45) is -5.89. The molecule has 3 rings (SSSR count). The van der Waals surface area contributed by atoms with Crippen molar-refractivity contribution in [2.24, 2.45) is 0 Å². The fourth-order valence-corrected chi connectivity index (χ4v) is 4.10. The van der Waals surface area contributed by atoms with E-state index < -0.39 is 110 Å². The average Bonchev–Trinajstić information content (AvgIpc) is 2.86. The van der Waals surface area contributed by atoms with E-state index in [1.807, 2.05) is 0 Å². The van der Waals surface area contributed by atoms with Crippen molar-refractivity contribution < 1.29 is 65.9 Å². The van der Waals surface area contributed by atoms with E-state index in [1.165, 1.54) is 4.90 Å². The third-order valence-electron chi connectivity index (χ3n) is 5.24. The number of halogens is 15. The van der Waals surface area contributed by atoms with Crippen LogP contribution in [0.15, 0.2) is 0 Å². The van der Waals surface area contributed by atoms with Crippen LogP contribution in [0, 0.1) is 92.2 Å². The van der Waals surface area contributed by atoms with Crippen molar-refractivity contribution in [2.75, 3.05) is 0 Å². The Morgan fingerprint density at radius 3 is 0.676 bits per heavy atom. The summed E-state index contributed by atoms with van der Waals surface area (Å²) in [5, 5.41) is 0.